The van der Waals surface area contributed by atoms with E-state index in [1.807, 2.05) is 37.3 Å². The van der Waals surface area contributed by atoms with E-state index in [2.05, 4.69) is 0 Å². The monoisotopic (exact) mass is 412 g/mol. The van der Waals surface area contributed by atoms with Gasteiger partial charge in [-0.25, -0.2) is 8.42 Å². The van der Waals surface area contributed by atoms with Gasteiger partial charge in [-0.1, -0.05) is 48.0 Å². The second kappa shape index (κ2) is 8.87. The molecule has 0 amide bonds. The largest absolute Gasteiger partial charge is 0.481 e. The average molecular weight is 412 g/mol. The van der Waals surface area contributed by atoms with Gasteiger partial charge in [-0.3, -0.25) is 9.59 Å². The van der Waals surface area contributed by atoms with Gasteiger partial charge >= 0.3 is 0 Å². The smallest absolute Gasteiger partial charge is 0.227 e. The molecule has 6 nitrogen and oxygen atoms in total. The zero-order chi connectivity index (χ0) is 20.9. The molecule has 0 aliphatic rings. The molecule has 0 unspecified atom stereocenters. The maximum absolute atomic E-state index is 12.5. The first kappa shape index (κ1) is 20.5. The molecule has 3 aromatic rings. The predicted molar refractivity (Wildman–Crippen MR) is 108 cm³/mol. The molecule has 0 atom stereocenters. The number of benzene rings is 2. The Morgan fingerprint density at radius 2 is 1.72 bits per heavy atom. The Labute approximate surface area is 168 Å². The van der Waals surface area contributed by atoms with Gasteiger partial charge in [0.1, 0.15) is 12.4 Å². The summed E-state index contributed by atoms with van der Waals surface area (Å²) in [6, 6.07) is 16.9. The minimum absolute atomic E-state index is 0.0365. The van der Waals surface area contributed by atoms with Crippen molar-refractivity contribution in [3.63, 3.8) is 0 Å². The van der Waals surface area contributed by atoms with E-state index >= 15 is 0 Å². The van der Waals surface area contributed by atoms with Gasteiger partial charge in [-0.15, -0.1) is 0 Å². The van der Waals surface area contributed by atoms with Crippen LogP contribution in [-0.2, 0) is 22.9 Å². The molecule has 0 saturated carbocycles. The summed E-state index contributed by atoms with van der Waals surface area (Å²) in [5, 5.41) is 0. The molecule has 1 heterocycles. The Kier molecular flexibility index (Phi) is 6.29. The zero-order valence-corrected chi connectivity index (χ0v) is 16.6. The Morgan fingerprint density at radius 1 is 1.03 bits per heavy atom. The average Bonchev–Trinajstić information content (AvgIpc) is 2.72. The molecule has 0 radical (unpaired) electrons. The van der Waals surface area contributed by atoms with E-state index < -0.39 is 15.3 Å². The van der Waals surface area contributed by atoms with Crippen LogP contribution in [-0.4, -0.2) is 20.5 Å². The van der Waals surface area contributed by atoms with E-state index in [9.17, 15) is 18.0 Å². The minimum Gasteiger partial charge on any atom is -0.481 e. The highest BCUT2D eigenvalue weighted by molar-refractivity contribution is 7.91. The summed E-state index contributed by atoms with van der Waals surface area (Å²) in [4.78, 5) is 23.9. The van der Waals surface area contributed by atoms with Crippen molar-refractivity contribution in [2.75, 3.05) is 5.75 Å². The van der Waals surface area contributed by atoms with E-state index in [0.29, 0.717) is 6.29 Å². The molecule has 0 fully saturated rings. The van der Waals surface area contributed by atoms with E-state index in [1.54, 1.807) is 12.1 Å². The van der Waals surface area contributed by atoms with Crippen molar-refractivity contribution in [3.8, 4) is 5.75 Å². The van der Waals surface area contributed by atoms with Crippen LogP contribution in [0.2, 0.25) is 0 Å². The summed E-state index contributed by atoms with van der Waals surface area (Å²) < 4.78 is 35.8. The van der Waals surface area contributed by atoms with Gasteiger partial charge < -0.3 is 9.15 Å². The van der Waals surface area contributed by atoms with Crippen molar-refractivity contribution < 1.29 is 22.4 Å². The molecule has 150 valence electrons. The van der Waals surface area contributed by atoms with Crippen LogP contribution in [0.15, 0.2) is 74.8 Å². The number of hydrogen-bond acceptors (Lipinski definition) is 6. The lowest BCUT2D eigenvalue weighted by molar-refractivity contribution is 0.108. The van der Waals surface area contributed by atoms with Crippen molar-refractivity contribution in [1.29, 1.82) is 0 Å². The molecule has 29 heavy (non-hydrogen) atoms. The summed E-state index contributed by atoms with van der Waals surface area (Å²) >= 11 is 0. The first-order valence-corrected chi connectivity index (χ1v) is 10.6. The van der Waals surface area contributed by atoms with Crippen molar-refractivity contribution in [3.05, 3.63) is 93.5 Å². The van der Waals surface area contributed by atoms with Crippen LogP contribution in [0.25, 0.3) is 0 Å². The number of rotatable bonds is 8. The number of hydrogen-bond donors (Lipinski definition) is 0. The topological polar surface area (TPSA) is 90.6 Å². The van der Waals surface area contributed by atoms with Crippen molar-refractivity contribution in [2.45, 2.75) is 24.8 Å². The fourth-order valence-electron chi connectivity index (χ4n) is 2.72. The highest BCUT2D eigenvalue weighted by atomic mass is 32.2. The fraction of sp³-hybridized carbons (Fsp3) is 0.182. The maximum Gasteiger partial charge on any atom is 0.227 e. The first-order valence-electron chi connectivity index (χ1n) is 8.97. The SMILES string of the molecule is Cc1ccc(S(=O)(=O)CCc2cc(=O)c(OCc3ccccc3)c(C=O)o2)cc1. The molecule has 0 N–H and O–H groups in total. The highest BCUT2D eigenvalue weighted by Crippen LogP contribution is 2.18. The third-order valence-corrected chi connectivity index (χ3v) is 6.04. The van der Waals surface area contributed by atoms with Gasteiger partial charge in [0.15, 0.2) is 16.1 Å². The van der Waals surface area contributed by atoms with Crippen molar-refractivity contribution in [2.24, 2.45) is 0 Å². The molecule has 0 aliphatic carbocycles. The molecular formula is C22H20O6S. The summed E-state index contributed by atoms with van der Waals surface area (Å²) in [6.07, 6.45) is 0.352. The Balaban J connectivity index is 1.75. The van der Waals surface area contributed by atoms with Gasteiger partial charge in [0, 0.05) is 12.5 Å². The highest BCUT2D eigenvalue weighted by Gasteiger charge is 2.18. The van der Waals surface area contributed by atoms with E-state index in [1.165, 1.54) is 12.1 Å². The van der Waals surface area contributed by atoms with Crippen LogP contribution in [0, 0.1) is 6.92 Å². The molecule has 1 aromatic heterocycles. The summed E-state index contributed by atoms with van der Waals surface area (Å²) in [7, 11) is -3.55. The lowest BCUT2D eigenvalue weighted by atomic mass is 10.2. The number of aryl methyl sites for hydroxylation is 2. The minimum atomic E-state index is -3.55. The van der Waals surface area contributed by atoms with E-state index in [-0.39, 0.29) is 40.9 Å². The lowest BCUT2D eigenvalue weighted by Crippen LogP contribution is -2.14. The Hall–Kier alpha value is -3.19. The van der Waals surface area contributed by atoms with Gasteiger partial charge in [-0.05, 0) is 24.6 Å². The third kappa shape index (κ3) is 5.20. The maximum atomic E-state index is 12.5. The van der Waals surface area contributed by atoms with Crippen LogP contribution in [0.4, 0.5) is 0 Å². The predicted octanol–water partition coefficient (Wildman–Crippen LogP) is 3.36. The van der Waals surface area contributed by atoms with Crippen LogP contribution in [0.1, 0.15) is 27.4 Å². The Bertz CT molecular complexity index is 1150. The fourth-order valence-corrected chi connectivity index (χ4v) is 3.98. The summed E-state index contributed by atoms with van der Waals surface area (Å²) in [5.41, 5.74) is 1.26. The molecule has 7 heteroatoms. The van der Waals surface area contributed by atoms with Gasteiger partial charge in [-0.2, -0.15) is 0 Å². The second-order valence-corrected chi connectivity index (χ2v) is 8.65. The van der Waals surface area contributed by atoms with Gasteiger partial charge in [0.25, 0.3) is 0 Å². The van der Waals surface area contributed by atoms with Crippen LogP contribution in [0.3, 0.4) is 0 Å². The van der Waals surface area contributed by atoms with Crippen LogP contribution in [0.5, 0.6) is 5.75 Å². The lowest BCUT2D eigenvalue weighted by Gasteiger charge is -2.09. The molecule has 0 bridgehead atoms. The second-order valence-electron chi connectivity index (χ2n) is 6.54. The molecule has 3 rings (SSSR count). The van der Waals surface area contributed by atoms with E-state index in [0.717, 1.165) is 17.2 Å². The normalized spacial score (nSPS) is 11.2. The Morgan fingerprint density at radius 3 is 2.38 bits per heavy atom. The number of carbonyl (C=O) groups is 1. The summed E-state index contributed by atoms with van der Waals surface area (Å²) in [6.45, 7) is 1.97. The molecule has 2 aromatic carbocycles. The number of carbonyl (C=O) groups excluding carboxylic acids is 1. The first-order chi connectivity index (χ1) is 13.9. The number of aldehydes is 1. The zero-order valence-electron chi connectivity index (χ0n) is 15.8. The summed E-state index contributed by atoms with van der Waals surface area (Å²) in [5.74, 6) is -0.577. The molecule has 0 spiro atoms. The van der Waals surface area contributed by atoms with E-state index in [4.69, 9.17) is 9.15 Å². The van der Waals surface area contributed by atoms with Crippen LogP contribution >= 0.6 is 0 Å². The van der Waals surface area contributed by atoms with Gasteiger partial charge in [0.05, 0.1) is 10.6 Å². The van der Waals surface area contributed by atoms with Gasteiger partial charge in [0.2, 0.25) is 16.9 Å². The standard InChI is InChI=1S/C22H20O6S/c1-16-7-9-19(10-8-16)29(25,26)12-11-18-13-20(24)22(21(14-23)28-18)27-15-17-5-3-2-4-6-17/h2-10,13-14H,11-12,15H2,1H3. The van der Waals surface area contributed by atoms with Crippen molar-refractivity contribution >= 4 is 16.1 Å². The molecule has 0 aliphatic heterocycles. The molecular weight excluding hydrogens is 392 g/mol. The number of ether oxygens (including phenoxy) is 1. The number of sulfone groups is 1. The third-order valence-electron chi connectivity index (χ3n) is 4.31. The van der Waals surface area contributed by atoms with Crippen LogP contribution < -0.4 is 10.2 Å². The quantitative estimate of drug-likeness (QED) is 0.527. The molecule has 0 saturated heterocycles. The van der Waals surface area contributed by atoms with Crippen molar-refractivity contribution in [1.82, 2.24) is 0 Å².